The highest BCUT2D eigenvalue weighted by molar-refractivity contribution is 6.04. The average molecular weight is 286 g/mol. The quantitative estimate of drug-likeness (QED) is 0.938. The number of nitrogens with one attached hydrogen (secondary N) is 1. The molecule has 0 radical (unpaired) electrons. The fourth-order valence-electron chi connectivity index (χ4n) is 1.93. The third-order valence-corrected chi connectivity index (χ3v) is 3.14. The van der Waals surface area contributed by atoms with Gasteiger partial charge in [0.2, 0.25) is 0 Å². The summed E-state index contributed by atoms with van der Waals surface area (Å²) < 4.78 is 6.76. The Labute approximate surface area is 123 Å². The number of anilines is 1. The summed E-state index contributed by atoms with van der Waals surface area (Å²) >= 11 is 0. The molecule has 1 aromatic heterocycles. The Morgan fingerprint density at radius 1 is 1.24 bits per heavy atom. The van der Waals surface area contributed by atoms with E-state index in [1.54, 1.807) is 50.5 Å². The number of benzene rings is 1. The van der Waals surface area contributed by atoms with E-state index in [0.29, 0.717) is 23.6 Å². The first-order valence-corrected chi connectivity index (χ1v) is 6.73. The number of amides is 1. The average Bonchev–Trinajstić information content (AvgIpc) is 2.48. The minimum atomic E-state index is -0.315. The molecular weight excluding hydrogens is 268 g/mol. The van der Waals surface area contributed by atoms with E-state index in [1.165, 1.54) is 4.57 Å². The summed E-state index contributed by atoms with van der Waals surface area (Å²) in [7, 11) is 1.65. The molecule has 0 fully saturated rings. The number of carbonyl (C=O) groups excluding carboxylic acids is 1. The highest BCUT2D eigenvalue weighted by Crippen LogP contribution is 2.14. The van der Waals surface area contributed by atoms with Crippen LogP contribution in [0.2, 0.25) is 0 Å². The number of rotatable bonds is 4. The van der Waals surface area contributed by atoms with Crippen LogP contribution in [0.15, 0.2) is 41.3 Å². The zero-order chi connectivity index (χ0) is 15.4. The highest BCUT2D eigenvalue weighted by Gasteiger charge is 2.11. The van der Waals surface area contributed by atoms with Crippen molar-refractivity contribution in [2.45, 2.75) is 13.8 Å². The van der Waals surface area contributed by atoms with Crippen LogP contribution in [-0.2, 0) is 7.05 Å². The third-order valence-electron chi connectivity index (χ3n) is 3.14. The molecule has 1 aromatic carbocycles. The normalized spacial score (nSPS) is 10.2. The Kier molecular flexibility index (Phi) is 4.42. The molecule has 2 aromatic rings. The van der Waals surface area contributed by atoms with E-state index in [4.69, 9.17) is 4.74 Å². The van der Waals surface area contributed by atoms with Gasteiger partial charge in [-0.05, 0) is 49.7 Å². The first-order valence-electron chi connectivity index (χ1n) is 6.73. The van der Waals surface area contributed by atoms with Crippen LogP contribution in [0.4, 0.5) is 5.69 Å². The summed E-state index contributed by atoms with van der Waals surface area (Å²) in [6, 6.07) is 8.59. The van der Waals surface area contributed by atoms with E-state index in [0.717, 1.165) is 5.56 Å². The summed E-state index contributed by atoms with van der Waals surface area (Å²) in [5.74, 6) is 0.394. The maximum atomic E-state index is 12.2. The van der Waals surface area contributed by atoms with Crippen molar-refractivity contribution in [3.63, 3.8) is 0 Å². The lowest BCUT2D eigenvalue weighted by molar-refractivity contribution is 0.102. The number of ether oxygens (including phenoxy) is 1. The van der Waals surface area contributed by atoms with Crippen molar-refractivity contribution >= 4 is 11.6 Å². The molecule has 0 aliphatic heterocycles. The smallest absolute Gasteiger partial charge is 0.274 e. The number of carbonyl (C=O) groups is 1. The van der Waals surface area contributed by atoms with Crippen LogP contribution in [0.1, 0.15) is 22.8 Å². The van der Waals surface area contributed by atoms with Gasteiger partial charge in [0.1, 0.15) is 11.4 Å². The van der Waals surface area contributed by atoms with Crippen LogP contribution in [-0.4, -0.2) is 17.1 Å². The predicted octanol–water partition coefficient (Wildman–Crippen LogP) is 2.34. The number of hydrogen-bond donors (Lipinski definition) is 1. The lowest BCUT2D eigenvalue weighted by Gasteiger charge is -2.09. The molecule has 0 saturated carbocycles. The van der Waals surface area contributed by atoms with Crippen molar-refractivity contribution in [2.24, 2.45) is 7.05 Å². The van der Waals surface area contributed by atoms with Gasteiger partial charge in [0.25, 0.3) is 11.5 Å². The molecule has 5 heteroatoms. The van der Waals surface area contributed by atoms with Crippen LogP contribution in [0.25, 0.3) is 0 Å². The molecule has 0 spiro atoms. The molecule has 0 bridgehead atoms. The van der Waals surface area contributed by atoms with Gasteiger partial charge in [0.15, 0.2) is 0 Å². The fourth-order valence-corrected chi connectivity index (χ4v) is 1.93. The molecule has 0 atom stereocenters. The van der Waals surface area contributed by atoms with Crippen molar-refractivity contribution in [1.29, 1.82) is 0 Å². The molecular formula is C16H18N2O3. The van der Waals surface area contributed by atoms with Gasteiger partial charge >= 0.3 is 0 Å². The second-order valence-corrected chi connectivity index (χ2v) is 4.70. The molecule has 21 heavy (non-hydrogen) atoms. The molecule has 1 N–H and O–H groups in total. The molecule has 5 nitrogen and oxygen atoms in total. The van der Waals surface area contributed by atoms with Crippen molar-refractivity contribution in [3.05, 3.63) is 58.0 Å². The molecule has 0 saturated heterocycles. The van der Waals surface area contributed by atoms with E-state index in [9.17, 15) is 9.59 Å². The predicted molar refractivity (Wildman–Crippen MR) is 82.0 cm³/mol. The Morgan fingerprint density at radius 2 is 1.90 bits per heavy atom. The zero-order valence-electron chi connectivity index (χ0n) is 12.3. The van der Waals surface area contributed by atoms with Gasteiger partial charge in [-0.15, -0.1) is 0 Å². The molecule has 110 valence electrons. The van der Waals surface area contributed by atoms with E-state index in [1.807, 2.05) is 6.92 Å². The number of aromatic nitrogens is 1. The third kappa shape index (κ3) is 3.31. The standard InChI is InChI=1S/C16H18N2O3/c1-4-21-13-7-5-12(6-8-13)15(19)17-14-11(2)9-10-18(3)16(14)20/h5-10H,4H2,1-3H3,(H,17,19). The maximum absolute atomic E-state index is 12.2. The summed E-state index contributed by atoms with van der Waals surface area (Å²) in [6.45, 7) is 4.26. The Bertz CT molecular complexity index is 702. The molecule has 1 heterocycles. The Hall–Kier alpha value is -2.56. The number of nitrogens with zero attached hydrogens (tertiary/aromatic N) is 1. The monoisotopic (exact) mass is 286 g/mol. The second kappa shape index (κ2) is 6.26. The van der Waals surface area contributed by atoms with Gasteiger partial charge in [0, 0.05) is 18.8 Å². The Balaban J connectivity index is 2.22. The van der Waals surface area contributed by atoms with Gasteiger partial charge in [-0.25, -0.2) is 0 Å². The largest absolute Gasteiger partial charge is 0.494 e. The summed E-state index contributed by atoms with van der Waals surface area (Å²) in [5.41, 5.74) is 1.29. The van der Waals surface area contributed by atoms with E-state index in [-0.39, 0.29) is 11.5 Å². The van der Waals surface area contributed by atoms with E-state index < -0.39 is 0 Å². The van der Waals surface area contributed by atoms with E-state index >= 15 is 0 Å². The van der Waals surface area contributed by atoms with Gasteiger partial charge < -0.3 is 14.6 Å². The lowest BCUT2D eigenvalue weighted by atomic mass is 10.2. The summed E-state index contributed by atoms with van der Waals surface area (Å²) in [6.07, 6.45) is 1.67. The molecule has 2 rings (SSSR count). The molecule has 0 unspecified atom stereocenters. The van der Waals surface area contributed by atoms with Crippen molar-refractivity contribution in [3.8, 4) is 5.75 Å². The minimum absolute atomic E-state index is 0.228. The van der Waals surface area contributed by atoms with Crippen LogP contribution >= 0.6 is 0 Å². The minimum Gasteiger partial charge on any atom is -0.494 e. The van der Waals surface area contributed by atoms with Crippen molar-refractivity contribution in [2.75, 3.05) is 11.9 Å². The highest BCUT2D eigenvalue weighted by atomic mass is 16.5. The number of aryl methyl sites for hydroxylation is 2. The van der Waals surface area contributed by atoms with Gasteiger partial charge in [-0.3, -0.25) is 9.59 Å². The van der Waals surface area contributed by atoms with E-state index in [2.05, 4.69) is 5.32 Å². The lowest BCUT2D eigenvalue weighted by Crippen LogP contribution is -2.25. The number of hydrogen-bond acceptors (Lipinski definition) is 3. The van der Waals surface area contributed by atoms with Gasteiger partial charge in [-0.2, -0.15) is 0 Å². The van der Waals surface area contributed by atoms with Gasteiger partial charge in [-0.1, -0.05) is 0 Å². The molecule has 0 aliphatic carbocycles. The van der Waals surface area contributed by atoms with Crippen LogP contribution < -0.4 is 15.6 Å². The Morgan fingerprint density at radius 3 is 2.52 bits per heavy atom. The second-order valence-electron chi connectivity index (χ2n) is 4.70. The maximum Gasteiger partial charge on any atom is 0.274 e. The number of pyridine rings is 1. The molecule has 1 amide bonds. The summed E-state index contributed by atoms with van der Waals surface area (Å²) in [4.78, 5) is 24.2. The molecule has 0 aliphatic rings. The van der Waals surface area contributed by atoms with Crippen LogP contribution in [0.3, 0.4) is 0 Å². The topological polar surface area (TPSA) is 60.3 Å². The fraction of sp³-hybridized carbons (Fsp3) is 0.250. The zero-order valence-corrected chi connectivity index (χ0v) is 12.3. The van der Waals surface area contributed by atoms with Crippen molar-refractivity contribution in [1.82, 2.24) is 4.57 Å². The van der Waals surface area contributed by atoms with Crippen molar-refractivity contribution < 1.29 is 9.53 Å². The SMILES string of the molecule is CCOc1ccc(C(=O)Nc2c(C)ccn(C)c2=O)cc1. The van der Waals surface area contributed by atoms with Gasteiger partial charge in [0.05, 0.1) is 6.61 Å². The van der Waals surface area contributed by atoms with Crippen LogP contribution in [0.5, 0.6) is 5.75 Å². The summed E-state index contributed by atoms with van der Waals surface area (Å²) in [5, 5.41) is 2.67. The first-order chi connectivity index (χ1) is 10.0. The first kappa shape index (κ1) is 14.8. The van der Waals surface area contributed by atoms with Crippen LogP contribution in [0, 0.1) is 6.92 Å².